The van der Waals surface area contributed by atoms with Crippen LogP contribution in [0.4, 0.5) is 4.39 Å². The first-order valence-corrected chi connectivity index (χ1v) is 9.17. The molecule has 0 radical (unpaired) electrons. The van der Waals surface area contributed by atoms with Crippen molar-refractivity contribution in [3.05, 3.63) is 60.2 Å². The minimum absolute atomic E-state index is 0.111. The van der Waals surface area contributed by atoms with Crippen LogP contribution in [-0.4, -0.2) is 40.6 Å². The molecule has 1 aliphatic heterocycles. The molecule has 2 aromatic carbocycles. The molecule has 1 saturated heterocycles. The van der Waals surface area contributed by atoms with Crippen LogP contribution >= 0.6 is 0 Å². The fraction of sp³-hybridized carbons (Fsp3) is 0.333. The number of rotatable bonds is 4. The average molecular weight is 367 g/mol. The molecule has 1 amide bonds. The van der Waals surface area contributed by atoms with Crippen LogP contribution in [0.3, 0.4) is 0 Å². The van der Waals surface area contributed by atoms with Crippen LogP contribution in [0, 0.1) is 5.82 Å². The molecule has 0 N–H and O–H groups in total. The van der Waals surface area contributed by atoms with Gasteiger partial charge in [0.1, 0.15) is 11.6 Å². The highest BCUT2D eigenvalue weighted by Gasteiger charge is 2.25. The molecule has 3 aromatic rings. The Labute approximate surface area is 157 Å². The zero-order chi connectivity index (χ0) is 18.8. The van der Waals surface area contributed by atoms with Gasteiger partial charge in [0.2, 0.25) is 5.91 Å². The predicted octanol–water partition coefficient (Wildman–Crippen LogP) is 3.59. The molecule has 0 saturated carbocycles. The highest BCUT2D eigenvalue weighted by molar-refractivity contribution is 5.79. The second kappa shape index (κ2) is 7.39. The number of hydrogen-bond donors (Lipinski definition) is 0. The third-order valence-corrected chi connectivity index (χ3v) is 5.28. The second-order valence-corrected chi connectivity index (χ2v) is 6.89. The first-order chi connectivity index (χ1) is 13.2. The first-order valence-electron chi connectivity index (χ1n) is 9.17. The number of halogens is 1. The van der Waals surface area contributed by atoms with Gasteiger partial charge in [0.05, 0.1) is 30.9 Å². The number of aromatic nitrogens is 2. The zero-order valence-electron chi connectivity index (χ0n) is 15.3. The Balaban J connectivity index is 1.42. The number of amides is 1. The highest BCUT2D eigenvalue weighted by Crippen LogP contribution is 2.28. The molecule has 4 rings (SSSR count). The summed E-state index contributed by atoms with van der Waals surface area (Å²) in [6.45, 7) is 1.38. The maximum atomic E-state index is 13.6. The van der Waals surface area contributed by atoms with Crippen molar-refractivity contribution in [3.63, 3.8) is 0 Å². The van der Waals surface area contributed by atoms with E-state index in [-0.39, 0.29) is 17.8 Å². The molecule has 5 nitrogen and oxygen atoms in total. The average Bonchev–Trinajstić information content (AvgIpc) is 3.11. The number of likely N-dealkylation sites (tertiary alicyclic amines) is 1. The number of methoxy groups -OCH3 is 1. The Morgan fingerprint density at radius 3 is 2.78 bits per heavy atom. The lowest BCUT2D eigenvalue weighted by Gasteiger charge is -2.33. The Morgan fingerprint density at radius 2 is 2.00 bits per heavy atom. The van der Waals surface area contributed by atoms with Crippen molar-refractivity contribution < 1.29 is 13.9 Å². The fourth-order valence-corrected chi connectivity index (χ4v) is 3.81. The summed E-state index contributed by atoms with van der Waals surface area (Å²) in [7, 11) is 1.62. The van der Waals surface area contributed by atoms with Crippen molar-refractivity contribution in [1.82, 2.24) is 14.5 Å². The Hall–Kier alpha value is -2.89. The quantitative estimate of drug-likeness (QED) is 0.708. The molecule has 6 heteroatoms. The minimum atomic E-state index is -0.256. The number of carbonyl (C=O) groups is 1. The van der Waals surface area contributed by atoms with E-state index in [4.69, 9.17) is 4.74 Å². The summed E-state index contributed by atoms with van der Waals surface area (Å²) in [6.07, 6.45) is 3.79. The summed E-state index contributed by atoms with van der Waals surface area (Å²) in [5, 5.41) is 0. The van der Waals surface area contributed by atoms with Gasteiger partial charge in [-0.2, -0.15) is 0 Å². The zero-order valence-corrected chi connectivity index (χ0v) is 15.3. The van der Waals surface area contributed by atoms with Gasteiger partial charge >= 0.3 is 0 Å². The highest BCUT2D eigenvalue weighted by atomic mass is 19.1. The molecule has 2 heterocycles. The van der Waals surface area contributed by atoms with Crippen LogP contribution < -0.4 is 4.74 Å². The lowest BCUT2D eigenvalue weighted by molar-refractivity contribution is -0.131. The van der Waals surface area contributed by atoms with Gasteiger partial charge in [0, 0.05) is 24.7 Å². The molecule has 0 atom stereocenters. The molecule has 1 fully saturated rings. The molecule has 0 unspecified atom stereocenters. The summed E-state index contributed by atoms with van der Waals surface area (Å²) in [6, 6.07) is 12.5. The summed E-state index contributed by atoms with van der Waals surface area (Å²) in [4.78, 5) is 19.0. The van der Waals surface area contributed by atoms with E-state index in [2.05, 4.69) is 4.98 Å². The molecule has 1 aromatic heterocycles. The fourth-order valence-electron chi connectivity index (χ4n) is 3.81. The minimum Gasteiger partial charge on any atom is -0.496 e. The first kappa shape index (κ1) is 17.5. The van der Waals surface area contributed by atoms with Gasteiger partial charge in [0.15, 0.2) is 0 Å². The van der Waals surface area contributed by atoms with Crippen molar-refractivity contribution in [2.75, 3.05) is 20.2 Å². The number of para-hydroxylation sites is 1. The third-order valence-electron chi connectivity index (χ3n) is 5.28. The number of benzene rings is 2. The van der Waals surface area contributed by atoms with E-state index in [9.17, 15) is 9.18 Å². The van der Waals surface area contributed by atoms with Crippen LogP contribution in [0.15, 0.2) is 48.8 Å². The van der Waals surface area contributed by atoms with Crippen LogP contribution in [0.5, 0.6) is 5.75 Å². The third kappa shape index (κ3) is 3.52. The van der Waals surface area contributed by atoms with Gasteiger partial charge in [-0.3, -0.25) is 4.79 Å². The van der Waals surface area contributed by atoms with Crippen LogP contribution in [-0.2, 0) is 11.2 Å². The van der Waals surface area contributed by atoms with E-state index in [1.165, 1.54) is 12.1 Å². The van der Waals surface area contributed by atoms with Gasteiger partial charge in [-0.25, -0.2) is 9.37 Å². The number of fused-ring (bicyclic) bond motifs is 1. The molecule has 27 heavy (non-hydrogen) atoms. The molecule has 140 valence electrons. The summed E-state index contributed by atoms with van der Waals surface area (Å²) < 4.78 is 21.0. The standard InChI is InChI=1S/C21H22FN3O2/c1-27-20-5-3-2-4-15(20)12-21(26)24-10-8-17(9-11-24)25-14-23-18-7-6-16(22)13-19(18)25/h2-7,13-14,17H,8-12H2,1H3. The Kier molecular flexibility index (Phi) is 4.79. The summed E-state index contributed by atoms with van der Waals surface area (Å²) in [5.41, 5.74) is 2.52. The van der Waals surface area contributed by atoms with E-state index >= 15 is 0 Å². The van der Waals surface area contributed by atoms with Gasteiger partial charge in [-0.05, 0) is 37.1 Å². The summed E-state index contributed by atoms with van der Waals surface area (Å²) in [5.74, 6) is 0.598. The van der Waals surface area contributed by atoms with E-state index in [0.29, 0.717) is 19.5 Å². The van der Waals surface area contributed by atoms with Gasteiger partial charge < -0.3 is 14.2 Å². The predicted molar refractivity (Wildman–Crippen MR) is 101 cm³/mol. The lowest BCUT2D eigenvalue weighted by Crippen LogP contribution is -2.39. The molecule has 1 aliphatic rings. The normalized spacial score (nSPS) is 15.3. The van der Waals surface area contributed by atoms with Crippen LogP contribution in [0.2, 0.25) is 0 Å². The Bertz CT molecular complexity index is 961. The monoisotopic (exact) mass is 367 g/mol. The van der Waals surface area contributed by atoms with E-state index in [0.717, 1.165) is 35.2 Å². The van der Waals surface area contributed by atoms with Crippen molar-refractivity contribution >= 4 is 16.9 Å². The van der Waals surface area contributed by atoms with Crippen molar-refractivity contribution in [2.24, 2.45) is 0 Å². The maximum Gasteiger partial charge on any atom is 0.227 e. The largest absolute Gasteiger partial charge is 0.496 e. The number of carbonyl (C=O) groups excluding carboxylic acids is 1. The molecular weight excluding hydrogens is 345 g/mol. The van der Waals surface area contributed by atoms with Crippen LogP contribution in [0.1, 0.15) is 24.4 Å². The van der Waals surface area contributed by atoms with E-state index in [1.54, 1.807) is 19.5 Å². The number of hydrogen-bond acceptors (Lipinski definition) is 3. The smallest absolute Gasteiger partial charge is 0.227 e. The molecule has 0 aliphatic carbocycles. The number of piperidine rings is 1. The van der Waals surface area contributed by atoms with Crippen LogP contribution in [0.25, 0.3) is 11.0 Å². The van der Waals surface area contributed by atoms with Gasteiger partial charge in [-0.1, -0.05) is 18.2 Å². The second-order valence-electron chi connectivity index (χ2n) is 6.89. The lowest BCUT2D eigenvalue weighted by atomic mass is 10.0. The number of imidazole rings is 1. The molecule has 0 bridgehead atoms. The molecular formula is C21H22FN3O2. The van der Waals surface area contributed by atoms with E-state index < -0.39 is 0 Å². The number of ether oxygens (including phenoxy) is 1. The Morgan fingerprint density at radius 1 is 1.22 bits per heavy atom. The maximum absolute atomic E-state index is 13.6. The SMILES string of the molecule is COc1ccccc1CC(=O)N1CCC(n2cnc3ccc(F)cc32)CC1. The topological polar surface area (TPSA) is 47.4 Å². The molecule has 0 spiro atoms. The number of nitrogens with zero attached hydrogens (tertiary/aromatic N) is 3. The van der Waals surface area contributed by atoms with E-state index in [1.807, 2.05) is 33.7 Å². The van der Waals surface area contributed by atoms with Crippen molar-refractivity contribution in [2.45, 2.75) is 25.3 Å². The van der Waals surface area contributed by atoms with Gasteiger partial charge in [0.25, 0.3) is 0 Å². The van der Waals surface area contributed by atoms with Gasteiger partial charge in [-0.15, -0.1) is 0 Å². The van der Waals surface area contributed by atoms with Crippen molar-refractivity contribution in [1.29, 1.82) is 0 Å². The summed E-state index contributed by atoms with van der Waals surface area (Å²) >= 11 is 0. The van der Waals surface area contributed by atoms with Crippen molar-refractivity contribution in [3.8, 4) is 5.75 Å².